The van der Waals surface area contributed by atoms with Crippen LogP contribution in [0.25, 0.3) is 0 Å². The average Bonchev–Trinajstić information content (AvgIpc) is 3.20. The number of benzene rings is 3. The highest BCUT2D eigenvalue weighted by Crippen LogP contribution is 2.42. The van der Waals surface area contributed by atoms with Crippen LogP contribution in [0.2, 0.25) is 15.1 Å². The number of nitrogens with zero attached hydrogens (tertiary/aromatic N) is 2. The van der Waals surface area contributed by atoms with Gasteiger partial charge in [0.15, 0.2) is 0 Å². The smallest absolute Gasteiger partial charge is 0.127 e. The molecule has 3 aromatic carbocycles. The SMILES string of the molecule is COc1ccc([C@H]2CC(c3ccc(Cl)cc3)=NN2c2ccc(Cl)c(Cl)c2)c(OC)c1. The van der Waals surface area contributed by atoms with Crippen molar-refractivity contribution >= 4 is 46.2 Å². The van der Waals surface area contributed by atoms with Crippen molar-refractivity contribution in [2.24, 2.45) is 5.10 Å². The first-order valence-electron chi connectivity index (χ1n) is 9.30. The van der Waals surface area contributed by atoms with Crippen molar-refractivity contribution in [2.75, 3.05) is 19.2 Å². The Morgan fingerprint density at radius 2 is 1.63 bits per heavy atom. The third kappa shape index (κ3) is 4.08. The summed E-state index contributed by atoms with van der Waals surface area (Å²) in [5.74, 6) is 1.46. The monoisotopic (exact) mass is 460 g/mol. The molecule has 0 unspecified atom stereocenters. The molecule has 7 heteroatoms. The van der Waals surface area contributed by atoms with Crippen LogP contribution in [0.3, 0.4) is 0 Å². The quantitative estimate of drug-likeness (QED) is 0.409. The fourth-order valence-corrected chi connectivity index (χ4v) is 3.95. The highest BCUT2D eigenvalue weighted by Gasteiger charge is 2.32. The van der Waals surface area contributed by atoms with E-state index in [1.54, 1.807) is 20.3 Å². The molecule has 1 atom stereocenters. The number of anilines is 1. The Labute approximate surface area is 190 Å². The van der Waals surface area contributed by atoms with Crippen LogP contribution in [0, 0.1) is 0 Å². The van der Waals surface area contributed by atoms with Gasteiger partial charge in [-0.3, -0.25) is 5.01 Å². The minimum Gasteiger partial charge on any atom is -0.497 e. The molecular weight excluding hydrogens is 443 g/mol. The maximum atomic E-state index is 6.29. The fourth-order valence-electron chi connectivity index (χ4n) is 3.53. The van der Waals surface area contributed by atoms with Crippen LogP contribution in [0.5, 0.6) is 11.5 Å². The first kappa shape index (κ1) is 20.9. The molecule has 30 heavy (non-hydrogen) atoms. The van der Waals surface area contributed by atoms with E-state index in [4.69, 9.17) is 49.4 Å². The Morgan fingerprint density at radius 3 is 2.30 bits per heavy atom. The molecule has 1 heterocycles. The summed E-state index contributed by atoms with van der Waals surface area (Å²) in [5.41, 5.74) is 3.80. The molecule has 0 radical (unpaired) electrons. The highest BCUT2D eigenvalue weighted by molar-refractivity contribution is 6.42. The molecule has 0 saturated heterocycles. The Kier molecular flexibility index (Phi) is 6.09. The second kappa shape index (κ2) is 8.76. The van der Waals surface area contributed by atoms with E-state index in [0.29, 0.717) is 21.5 Å². The zero-order valence-corrected chi connectivity index (χ0v) is 18.7. The fraction of sp³-hybridized carbons (Fsp3) is 0.174. The minimum absolute atomic E-state index is 0.0891. The summed E-state index contributed by atoms with van der Waals surface area (Å²) in [4.78, 5) is 0. The van der Waals surface area contributed by atoms with Crippen molar-refractivity contribution in [3.8, 4) is 11.5 Å². The van der Waals surface area contributed by atoms with Gasteiger partial charge in [-0.25, -0.2) is 0 Å². The predicted molar refractivity (Wildman–Crippen MR) is 124 cm³/mol. The first-order valence-corrected chi connectivity index (χ1v) is 10.4. The van der Waals surface area contributed by atoms with Crippen LogP contribution in [-0.4, -0.2) is 19.9 Å². The summed E-state index contributed by atoms with van der Waals surface area (Å²) in [6, 6.07) is 18.9. The number of methoxy groups -OCH3 is 2. The normalized spacial score (nSPS) is 15.8. The summed E-state index contributed by atoms with van der Waals surface area (Å²) in [5, 5.41) is 8.54. The van der Waals surface area contributed by atoms with Gasteiger partial charge in [-0.2, -0.15) is 5.10 Å². The molecule has 0 spiro atoms. The van der Waals surface area contributed by atoms with Crippen molar-refractivity contribution in [3.63, 3.8) is 0 Å². The molecule has 0 fully saturated rings. The van der Waals surface area contributed by atoms with Crippen LogP contribution < -0.4 is 14.5 Å². The van der Waals surface area contributed by atoms with Gasteiger partial charge in [0.05, 0.1) is 41.7 Å². The standard InChI is InChI=1S/C23H19Cl3N2O2/c1-29-17-8-9-18(23(12-17)30-2)22-13-21(14-3-5-15(24)6-4-14)27-28(22)16-7-10-19(25)20(26)11-16/h3-12,22H,13H2,1-2H3/t22-/m1/s1. The molecule has 1 aliphatic rings. The zero-order valence-electron chi connectivity index (χ0n) is 16.4. The molecule has 0 amide bonds. The van der Waals surface area contributed by atoms with Crippen molar-refractivity contribution < 1.29 is 9.47 Å². The lowest BCUT2D eigenvalue weighted by atomic mass is 9.97. The molecule has 0 bridgehead atoms. The molecule has 154 valence electrons. The summed E-state index contributed by atoms with van der Waals surface area (Å²) in [6.07, 6.45) is 0.685. The third-order valence-electron chi connectivity index (χ3n) is 5.06. The molecule has 0 N–H and O–H groups in total. The second-order valence-electron chi connectivity index (χ2n) is 6.82. The zero-order chi connectivity index (χ0) is 21.3. The molecule has 1 aliphatic heterocycles. The second-order valence-corrected chi connectivity index (χ2v) is 8.08. The van der Waals surface area contributed by atoms with Gasteiger partial charge in [0.2, 0.25) is 0 Å². The van der Waals surface area contributed by atoms with Crippen molar-refractivity contribution in [2.45, 2.75) is 12.5 Å². The van der Waals surface area contributed by atoms with Gasteiger partial charge in [0, 0.05) is 23.1 Å². The number of hydrogen-bond donors (Lipinski definition) is 0. The molecule has 0 aliphatic carbocycles. The van der Waals surface area contributed by atoms with Crippen LogP contribution >= 0.6 is 34.8 Å². The van der Waals surface area contributed by atoms with E-state index in [1.165, 1.54) is 0 Å². The molecule has 0 saturated carbocycles. The number of rotatable bonds is 5. The Bertz CT molecular complexity index is 1100. The van der Waals surface area contributed by atoms with E-state index in [0.717, 1.165) is 34.0 Å². The Balaban J connectivity index is 1.80. The predicted octanol–water partition coefficient (Wildman–Crippen LogP) is 7.02. The van der Waals surface area contributed by atoms with Gasteiger partial charge in [-0.05, 0) is 48.0 Å². The van der Waals surface area contributed by atoms with Crippen molar-refractivity contribution in [1.29, 1.82) is 0 Å². The lowest BCUT2D eigenvalue weighted by Crippen LogP contribution is -2.19. The maximum Gasteiger partial charge on any atom is 0.127 e. The summed E-state index contributed by atoms with van der Waals surface area (Å²) >= 11 is 18.5. The van der Waals surface area contributed by atoms with E-state index in [9.17, 15) is 0 Å². The number of halogens is 3. The highest BCUT2D eigenvalue weighted by atomic mass is 35.5. The lowest BCUT2D eigenvalue weighted by Gasteiger charge is -2.26. The van der Waals surface area contributed by atoms with Crippen LogP contribution in [0.1, 0.15) is 23.6 Å². The number of hydrazone groups is 1. The van der Waals surface area contributed by atoms with E-state index in [2.05, 4.69) is 0 Å². The van der Waals surface area contributed by atoms with Crippen molar-refractivity contribution in [1.82, 2.24) is 0 Å². The summed E-state index contributed by atoms with van der Waals surface area (Å²) < 4.78 is 11.0. The summed E-state index contributed by atoms with van der Waals surface area (Å²) in [7, 11) is 3.28. The molecular formula is C23H19Cl3N2O2. The largest absolute Gasteiger partial charge is 0.497 e. The third-order valence-corrected chi connectivity index (χ3v) is 6.05. The molecule has 4 nitrogen and oxygen atoms in total. The minimum atomic E-state index is -0.0891. The van der Waals surface area contributed by atoms with Crippen LogP contribution in [-0.2, 0) is 0 Å². The van der Waals surface area contributed by atoms with Crippen molar-refractivity contribution in [3.05, 3.63) is 86.9 Å². The van der Waals surface area contributed by atoms with E-state index < -0.39 is 0 Å². The average molecular weight is 462 g/mol. The molecule has 4 rings (SSSR count). The van der Waals surface area contributed by atoms with Crippen LogP contribution in [0.15, 0.2) is 65.8 Å². The van der Waals surface area contributed by atoms with Gasteiger partial charge in [0.25, 0.3) is 0 Å². The van der Waals surface area contributed by atoms with E-state index in [-0.39, 0.29) is 6.04 Å². The lowest BCUT2D eigenvalue weighted by molar-refractivity contribution is 0.388. The van der Waals surface area contributed by atoms with Gasteiger partial charge in [-0.1, -0.05) is 46.9 Å². The number of ether oxygens (including phenoxy) is 2. The Morgan fingerprint density at radius 1 is 0.867 bits per heavy atom. The van der Waals surface area contributed by atoms with Gasteiger partial charge < -0.3 is 9.47 Å². The topological polar surface area (TPSA) is 34.1 Å². The van der Waals surface area contributed by atoms with Gasteiger partial charge in [-0.15, -0.1) is 0 Å². The molecule has 0 aromatic heterocycles. The van der Waals surface area contributed by atoms with E-state index >= 15 is 0 Å². The van der Waals surface area contributed by atoms with Gasteiger partial charge in [0.1, 0.15) is 11.5 Å². The van der Waals surface area contributed by atoms with E-state index in [1.807, 2.05) is 59.6 Å². The molecule has 3 aromatic rings. The summed E-state index contributed by atoms with van der Waals surface area (Å²) in [6.45, 7) is 0. The maximum absolute atomic E-state index is 6.29. The Hall–Kier alpha value is -2.40. The first-order chi connectivity index (χ1) is 14.5. The van der Waals surface area contributed by atoms with Crippen LogP contribution in [0.4, 0.5) is 5.69 Å². The number of hydrogen-bond acceptors (Lipinski definition) is 4. The van der Waals surface area contributed by atoms with Gasteiger partial charge >= 0.3 is 0 Å².